The van der Waals surface area contributed by atoms with E-state index in [0.29, 0.717) is 6.61 Å². The molecule has 0 fully saturated rings. The largest absolute Gasteiger partial charge is 0.489 e. The molecule has 80 valence electrons. The summed E-state index contributed by atoms with van der Waals surface area (Å²) in [7, 11) is 0. The number of hydrogen-bond acceptors (Lipinski definition) is 2. The van der Waals surface area contributed by atoms with Crippen LogP contribution in [0.2, 0.25) is 0 Å². The van der Waals surface area contributed by atoms with Crippen LogP contribution >= 0.6 is 0 Å². The Kier molecular flexibility index (Phi) is 3.72. The monoisotopic (exact) mass is 211 g/mol. The number of rotatable bonds is 0. The van der Waals surface area contributed by atoms with E-state index in [1.54, 1.807) is 12.4 Å². The van der Waals surface area contributed by atoms with E-state index in [1.807, 2.05) is 48.5 Å². The summed E-state index contributed by atoms with van der Waals surface area (Å²) in [5.74, 6) is 0.991. The molecular formula is C14H13NO. The first-order chi connectivity index (χ1) is 7.97. The van der Waals surface area contributed by atoms with Crippen LogP contribution in [0.5, 0.6) is 5.75 Å². The van der Waals surface area contributed by atoms with E-state index in [9.17, 15) is 0 Å². The average Bonchev–Trinajstić information content (AvgIpc) is 2.42. The molecule has 1 aliphatic rings. The number of benzene rings is 1. The van der Waals surface area contributed by atoms with Crippen LogP contribution in [0.1, 0.15) is 5.56 Å². The van der Waals surface area contributed by atoms with Crippen molar-refractivity contribution in [2.24, 2.45) is 0 Å². The highest BCUT2D eigenvalue weighted by Crippen LogP contribution is 2.21. The van der Waals surface area contributed by atoms with E-state index >= 15 is 0 Å². The zero-order valence-electron chi connectivity index (χ0n) is 8.91. The van der Waals surface area contributed by atoms with Gasteiger partial charge < -0.3 is 4.74 Å². The number of aromatic nitrogens is 1. The van der Waals surface area contributed by atoms with E-state index in [4.69, 9.17) is 4.74 Å². The average molecular weight is 211 g/mol. The molecule has 3 rings (SSSR count). The molecule has 0 spiro atoms. The van der Waals surface area contributed by atoms with Gasteiger partial charge in [-0.1, -0.05) is 30.3 Å². The lowest BCUT2D eigenvalue weighted by Gasteiger charge is -2.10. The molecular weight excluding hydrogens is 198 g/mol. The van der Waals surface area contributed by atoms with Crippen LogP contribution in [0.15, 0.2) is 60.9 Å². The Labute approximate surface area is 95.2 Å². The first-order valence-corrected chi connectivity index (χ1v) is 5.20. The summed E-state index contributed by atoms with van der Waals surface area (Å²) in [6.07, 6.45) is 7.60. The first kappa shape index (κ1) is 10.4. The second kappa shape index (κ2) is 5.71. The second-order valence-electron chi connectivity index (χ2n) is 3.28. The summed E-state index contributed by atoms with van der Waals surface area (Å²) in [5, 5.41) is 0. The third-order valence-electron chi connectivity index (χ3n) is 2.12. The van der Waals surface area contributed by atoms with E-state index in [-0.39, 0.29) is 0 Å². The van der Waals surface area contributed by atoms with Crippen molar-refractivity contribution >= 4 is 6.08 Å². The Hall–Kier alpha value is -2.09. The van der Waals surface area contributed by atoms with Gasteiger partial charge in [0.2, 0.25) is 0 Å². The number of hydrogen-bond donors (Lipinski definition) is 0. The molecule has 2 heteroatoms. The quantitative estimate of drug-likeness (QED) is 0.667. The SMILES string of the molecule is C1=Cc2ccccc2OC1.c1ccncc1. The molecule has 2 aromatic rings. The van der Waals surface area contributed by atoms with Crippen molar-refractivity contribution in [3.63, 3.8) is 0 Å². The van der Waals surface area contributed by atoms with Crippen molar-refractivity contribution in [2.45, 2.75) is 0 Å². The van der Waals surface area contributed by atoms with E-state index in [1.165, 1.54) is 5.56 Å². The van der Waals surface area contributed by atoms with Gasteiger partial charge in [-0.25, -0.2) is 0 Å². The Balaban J connectivity index is 0.000000138. The number of pyridine rings is 1. The first-order valence-electron chi connectivity index (χ1n) is 5.20. The molecule has 0 atom stereocenters. The molecule has 0 bridgehead atoms. The van der Waals surface area contributed by atoms with Crippen LogP contribution in [0.4, 0.5) is 0 Å². The summed E-state index contributed by atoms with van der Waals surface area (Å²) in [4.78, 5) is 3.78. The molecule has 16 heavy (non-hydrogen) atoms. The lowest BCUT2D eigenvalue weighted by molar-refractivity contribution is 0.358. The lowest BCUT2D eigenvalue weighted by Crippen LogP contribution is -1.98. The van der Waals surface area contributed by atoms with E-state index in [2.05, 4.69) is 11.1 Å². The molecule has 1 aromatic heterocycles. The van der Waals surface area contributed by atoms with Gasteiger partial charge in [0.05, 0.1) is 0 Å². The van der Waals surface area contributed by atoms with Crippen molar-refractivity contribution in [3.8, 4) is 5.75 Å². The molecule has 0 aliphatic carbocycles. The van der Waals surface area contributed by atoms with Crippen LogP contribution in [-0.4, -0.2) is 11.6 Å². The van der Waals surface area contributed by atoms with Crippen LogP contribution < -0.4 is 4.74 Å². The maximum absolute atomic E-state index is 5.34. The van der Waals surface area contributed by atoms with Gasteiger partial charge in [-0.2, -0.15) is 0 Å². The highest BCUT2D eigenvalue weighted by Gasteiger charge is 2.01. The predicted octanol–water partition coefficient (Wildman–Crippen LogP) is 3.17. The molecule has 0 saturated heterocycles. The van der Waals surface area contributed by atoms with Crippen molar-refractivity contribution in [1.29, 1.82) is 0 Å². The third kappa shape index (κ3) is 2.95. The Morgan fingerprint density at radius 2 is 1.75 bits per heavy atom. The maximum Gasteiger partial charge on any atom is 0.126 e. The molecule has 0 unspecified atom stereocenters. The predicted molar refractivity (Wildman–Crippen MR) is 65.2 cm³/mol. The molecule has 2 nitrogen and oxygen atoms in total. The van der Waals surface area contributed by atoms with Crippen molar-refractivity contribution in [1.82, 2.24) is 4.98 Å². The maximum atomic E-state index is 5.34. The number of ether oxygens (including phenoxy) is 1. The minimum Gasteiger partial charge on any atom is -0.489 e. The lowest BCUT2D eigenvalue weighted by atomic mass is 10.1. The molecule has 0 saturated carbocycles. The van der Waals surface area contributed by atoms with Gasteiger partial charge >= 0.3 is 0 Å². The summed E-state index contributed by atoms with van der Waals surface area (Å²) in [6, 6.07) is 13.7. The smallest absolute Gasteiger partial charge is 0.126 e. The van der Waals surface area contributed by atoms with Gasteiger partial charge in [-0.3, -0.25) is 4.98 Å². The number of para-hydroxylation sites is 1. The zero-order valence-corrected chi connectivity index (χ0v) is 8.91. The minimum atomic E-state index is 0.705. The summed E-state index contributed by atoms with van der Waals surface area (Å²) >= 11 is 0. The van der Waals surface area contributed by atoms with Crippen LogP contribution in [-0.2, 0) is 0 Å². The van der Waals surface area contributed by atoms with E-state index in [0.717, 1.165) is 5.75 Å². The molecule has 0 amide bonds. The van der Waals surface area contributed by atoms with Gasteiger partial charge in [0, 0.05) is 18.0 Å². The summed E-state index contributed by atoms with van der Waals surface area (Å²) in [5.41, 5.74) is 1.17. The van der Waals surface area contributed by atoms with Crippen LogP contribution in [0.25, 0.3) is 6.08 Å². The topological polar surface area (TPSA) is 22.1 Å². The van der Waals surface area contributed by atoms with Crippen molar-refractivity contribution in [3.05, 3.63) is 66.5 Å². The van der Waals surface area contributed by atoms with Crippen LogP contribution in [0.3, 0.4) is 0 Å². The highest BCUT2D eigenvalue weighted by molar-refractivity contribution is 5.58. The fourth-order valence-corrected chi connectivity index (χ4v) is 1.38. The highest BCUT2D eigenvalue weighted by atomic mass is 16.5. The van der Waals surface area contributed by atoms with Gasteiger partial charge in [0.15, 0.2) is 0 Å². The van der Waals surface area contributed by atoms with E-state index < -0.39 is 0 Å². The molecule has 2 heterocycles. The normalized spacial score (nSPS) is 11.8. The summed E-state index contributed by atoms with van der Waals surface area (Å²) in [6.45, 7) is 0.705. The number of fused-ring (bicyclic) bond motifs is 1. The molecule has 0 radical (unpaired) electrons. The van der Waals surface area contributed by atoms with Gasteiger partial charge in [-0.05, 0) is 24.3 Å². The van der Waals surface area contributed by atoms with Gasteiger partial charge in [0.25, 0.3) is 0 Å². The van der Waals surface area contributed by atoms with Crippen LogP contribution in [0, 0.1) is 0 Å². The summed E-state index contributed by atoms with van der Waals surface area (Å²) < 4.78 is 5.34. The molecule has 0 N–H and O–H groups in total. The fraction of sp³-hybridized carbons (Fsp3) is 0.0714. The second-order valence-corrected chi connectivity index (χ2v) is 3.28. The number of nitrogens with zero attached hydrogens (tertiary/aromatic N) is 1. The molecule has 1 aromatic carbocycles. The Morgan fingerprint density at radius 1 is 0.938 bits per heavy atom. The van der Waals surface area contributed by atoms with Crippen molar-refractivity contribution in [2.75, 3.05) is 6.61 Å². The van der Waals surface area contributed by atoms with Crippen molar-refractivity contribution < 1.29 is 4.74 Å². The fourth-order valence-electron chi connectivity index (χ4n) is 1.38. The standard InChI is InChI=1S/C9H8O.C5H5N/c1-2-6-9-8(4-1)5-3-7-10-9;1-2-4-6-5-3-1/h1-6H,7H2;1-5H. The molecule has 1 aliphatic heterocycles. The minimum absolute atomic E-state index is 0.705. The third-order valence-corrected chi connectivity index (χ3v) is 2.12. The Morgan fingerprint density at radius 3 is 2.38 bits per heavy atom. The van der Waals surface area contributed by atoms with Gasteiger partial charge in [0.1, 0.15) is 12.4 Å². The van der Waals surface area contributed by atoms with Gasteiger partial charge in [-0.15, -0.1) is 0 Å². The zero-order chi connectivity index (χ0) is 11.1. The Bertz CT molecular complexity index is 425.